The molecule has 1 fully saturated rings. The Labute approximate surface area is 109 Å². The molecule has 2 rings (SSSR count). The molecule has 0 spiro atoms. The first-order chi connectivity index (χ1) is 8.99. The average Bonchev–Trinajstić information content (AvgIpc) is 2.40. The zero-order valence-corrected chi connectivity index (χ0v) is 9.93. The smallest absolute Gasteiger partial charge is 0.163 e. The third-order valence-corrected chi connectivity index (χ3v) is 2.94. The van der Waals surface area contributed by atoms with E-state index in [1.165, 1.54) is 24.3 Å². The molecule has 1 aliphatic rings. The van der Waals surface area contributed by atoms with E-state index in [0.717, 1.165) is 0 Å². The molecule has 1 saturated heterocycles. The van der Waals surface area contributed by atoms with E-state index < -0.39 is 29.8 Å². The number of benzene rings is 1. The van der Waals surface area contributed by atoms with Gasteiger partial charge in [0.1, 0.15) is 18.3 Å². The highest BCUT2D eigenvalue weighted by molar-refractivity contribution is 5.48. The Morgan fingerprint density at radius 3 is 2.37 bits per heavy atom. The third-order valence-electron chi connectivity index (χ3n) is 2.94. The highest BCUT2D eigenvalue weighted by atomic mass is 16.8. The fraction of sp³-hybridized carbons (Fsp3) is 0.455. The minimum atomic E-state index is -1.29. The maximum Gasteiger partial charge on any atom is 0.163 e. The van der Waals surface area contributed by atoms with Gasteiger partial charge in [0.2, 0.25) is 0 Å². The maximum atomic E-state index is 10.7. The summed E-state index contributed by atoms with van der Waals surface area (Å²) in [7, 11) is 0. The predicted molar refractivity (Wildman–Crippen MR) is 63.6 cm³/mol. The van der Waals surface area contributed by atoms with Gasteiger partial charge >= 0.3 is 0 Å². The van der Waals surface area contributed by atoms with Crippen LogP contribution in [0.2, 0.25) is 0 Å². The number of aliphatic hydroxyl groups excluding tert-OH is 3. The quantitative estimate of drug-likeness (QED) is 0.349. The monoisotopic (exact) mass is 272 g/mol. The highest BCUT2D eigenvalue weighted by Crippen LogP contribution is 2.19. The molecule has 1 aromatic carbocycles. The van der Waals surface area contributed by atoms with Gasteiger partial charge in [-0.05, 0) is 12.1 Å². The lowest BCUT2D eigenvalue weighted by atomic mass is 10.0. The van der Waals surface area contributed by atoms with Crippen molar-refractivity contribution in [2.75, 3.05) is 11.9 Å². The third kappa shape index (κ3) is 3.19. The Bertz CT molecular complexity index is 412. The molecule has 8 nitrogen and oxygen atoms in total. The van der Waals surface area contributed by atoms with Crippen LogP contribution >= 0.6 is 0 Å². The van der Waals surface area contributed by atoms with E-state index >= 15 is 0 Å². The van der Waals surface area contributed by atoms with Crippen molar-refractivity contribution in [3.63, 3.8) is 0 Å². The van der Waals surface area contributed by atoms with Gasteiger partial charge in [-0.1, -0.05) is 0 Å². The van der Waals surface area contributed by atoms with Crippen LogP contribution in [0.3, 0.4) is 0 Å². The number of anilines is 1. The second kappa shape index (κ2) is 5.80. The van der Waals surface area contributed by atoms with Gasteiger partial charge in [0.05, 0.1) is 6.61 Å². The van der Waals surface area contributed by atoms with Crippen LogP contribution in [0.15, 0.2) is 24.3 Å². The molecule has 6 N–H and O–H groups in total. The van der Waals surface area contributed by atoms with Gasteiger partial charge in [-0.15, -0.1) is 0 Å². The summed E-state index contributed by atoms with van der Waals surface area (Å²) in [5, 5.41) is 49.8. The number of nitrogens with one attached hydrogen (secondary N) is 2. The van der Waals surface area contributed by atoms with E-state index in [2.05, 4.69) is 5.32 Å². The summed E-state index contributed by atoms with van der Waals surface area (Å²) in [6.07, 6.45) is -4.55. The number of hydrogen-bond donors (Lipinski definition) is 6. The summed E-state index contributed by atoms with van der Waals surface area (Å²) < 4.78 is 5.17. The van der Waals surface area contributed by atoms with E-state index in [4.69, 9.17) is 9.94 Å². The van der Waals surface area contributed by atoms with Gasteiger partial charge in [0.25, 0.3) is 0 Å². The van der Waals surface area contributed by atoms with Crippen LogP contribution in [0, 0.1) is 5.21 Å². The highest BCUT2D eigenvalue weighted by Gasteiger charge is 2.37. The molecule has 1 unspecified atom stereocenters. The van der Waals surface area contributed by atoms with Crippen molar-refractivity contribution in [2.24, 2.45) is 0 Å². The van der Waals surface area contributed by atoms with Crippen molar-refractivity contribution in [2.45, 2.75) is 24.5 Å². The summed E-state index contributed by atoms with van der Waals surface area (Å²) in [6.45, 7) is -0.0941. The minimum absolute atomic E-state index is 0.0941. The fourth-order valence-electron chi connectivity index (χ4n) is 1.81. The van der Waals surface area contributed by atoms with Crippen LogP contribution in [0.1, 0.15) is 0 Å². The summed E-state index contributed by atoms with van der Waals surface area (Å²) >= 11 is 0. The first-order valence-corrected chi connectivity index (χ1v) is 5.74. The normalized spacial score (nSPS) is 32.9. The van der Waals surface area contributed by atoms with Crippen molar-refractivity contribution in [1.82, 2.24) is 0 Å². The van der Waals surface area contributed by atoms with Gasteiger partial charge in [-0.25, -0.2) is 5.21 Å². The van der Waals surface area contributed by atoms with E-state index in [1.807, 2.05) is 0 Å². The van der Waals surface area contributed by atoms with E-state index in [-0.39, 0.29) is 12.3 Å². The summed E-state index contributed by atoms with van der Waals surface area (Å²) in [4.78, 5) is 0. The van der Waals surface area contributed by atoms with Gasteiger partial charge in [0, 0.05) is 17.8 Å². The average molecular weight is 272 g/mol. The molecule has 0 aliphatic carbocycles. The van der Waals surface area contributed by atoms with Crippen molar-refractivity contribution >= 4 is 11.4 Å². The lowest BCUT2D eigenvalue weighted by Gasteiger charge is -2.35. The van der Waals surface area contributed by atoms with Crippen LogP contribution in [-0.4, -0.2) is 51.7 Å². The molecule has 106 valence electrons. The Morgan fingerprint density at radius 2 is 1.79 bits per heavy atom. The van der Waals surface area contributed by atoms with E-state index in [1.54, 1.807) is 0 Å². The minimum Gasteiger partial charge on any atom is -0.595 e. The zero-order valence-electron chi connectivity index (χ0n) is 9.93. The van der Waals surface area contributed by atoms with Gasteiger partial charge in [-0.3, -0.25) is 0 Å². The van der Waals surface area contributed by atoms with E-state index in [9.17, 15) is 20.5 Å². The Hall–Kier alpha value is -1.26. The zero-order chi connectivity index (χ0) is 14.0. The first-order valence-electron chi connectivity index (χ1n) is 5.74. The Kier molecular flexibility index (Phi) is 4.32. The molecule has 0 aromatic heterocycles. The number of quaternary nitrogens is 1. The summed E-state index contributed by atoms with van der Waals surface area (Å²) in [6, 6.07) is 5.87. The molecular formula is C11H16N2O6. The molecule has 1 aromatic rings. The fourth-order valence-corrected chi connectivity index (χ4v) is 1.81. The van der Waals surface area contributed by atoms with Crippen LogP contribution in [0.5, 0.6) is 0 Å². The van der Waals surface area contributed by atoms with Gasteiger partial charge in [-0.2, -0.15) is 5.23 Å². The van der Waals surface area contributed by atoms with Crippen LogP contribution < -0.4 is 10.5 Å². The summed E-state index contributed by atoms with van der Waals surface area (Å²) in [5.41, 5.74) is 0.684. The summed E-state index contributed by atoms with van der Waals surface area (Å²) in [5.74, 6) is 0. The standard InChI is InChI=1S/C11H16N2O6/c14-8-5-19-11(10(16)9(8)15)12-6-1-3-7(4-2-6)13(17)18/h1-4,8-17H,5H2/t8-,9-,10+,11-/m0/s1. The molecule has 0 bridgehead atoms. The van der Waals surface area contributed by atoms with Crippen LogP contribution in [0.4, 0.5) is 11.4 Å². The largest absolute Gasteiger partial charge is 0.595 e. The molecule has 1 aliphatic heterocycles. The predicted octanol–water partition coefficient (Wildman–Crippen LogP) is -2.06. The number of hydrogen-bond acceptors (Lipinski definition) is 7. The number of aliphatic hydroxyl groups is 3. The molecular weight excluding hydrogens is 256 g/mol. The SMILES string of the molecule is [O-][NH+](O)c1ccc(N[C@H]2OC[C@H](O)[C@H](O)[C@H]2O)cc1. The van der Waals surface area contributed by atoms with E-state index in [0.29, 0.717) is 5.69 Å². The number of rotatable bonds is 3. The van der Waals surface area contributed by atoms with Crippen molar-refractivity contribution in [1.29, 1.82) is 0 Å². The van der Waals surface area contributed by atoms with Crippen LogP contribution in [0.25, 0.3) is 0 Å². The van der Waals surface area contributed by atoms with Crippen molar-refractivity contribution in [3.8, 4) is 0 Å². The lowest BCUT2D eigenvalue weighted by molar-refractivity contribution is -0.991. The Balaban J connectivity index is 2.01. The van der Waals surface area contributed by atoms with Crippen LogP contribution in [-0.2, 0) is 4.74 Å². The lowest BCUT2D eigenvalue weighted by Crippen LogP contribution is -2.99. The maximum absolute atomic E-state index is 10.7. The van der Waals surface area contributed by atoms with Crippen molar-refractivity contribution < 1.29 is 30.5 Å². The van der Waals surface area contributed by atoms with Gasteiger partial charge < -0.3 is 30.6 Å². The number of ether oxygens (including phenoxy) is 1. The Morgan fingerprint density at radius 1 is 1.16 bits per heavy atom. The molecule has 8 heteroatoms. The second-order valence-corrected chi connectivity index (χ2v) is 4.33. The first kappa shape index (κ1) is 14.2. The molecule has 0 radical (unpaired) electrons. The van der Waals surface area contributed by atoms with Gasteiger partial charge in [0.15, 0.2) is 11.9 Å². The molecule has 1 heterocycles. The molecule has 0 amide bonds. The molecule has 5 atom stereocenters. The topological polar surface area (TPSA) is 130 Å². The second-order valence-electron chi connectivity index (χ2n) is 4.33. The van der Waals surface area contributed by atoms with Crippen molar-refractivity contribution in [3.05, 3.63) is 29.5 Å². The molecule has 0 saturated carbocycles. The molecule has 19 heavy (non-hydrogen) atoms.